The van der Waals surface area contributed by atoms with Gasteiger partial charge in [-0.15, -0.1) is 0 Å². The van der Waals surface area contributed by atoms with Gasteiger partial charge < -0.3 is 4.90 Å². The lowest BCUT2D eigenvalue weighted by molar-refractivity contribution is 0.159. The molecule has 7 nitrogen and oxygen atoms in total. The van der Waals surface area contributed by atoms with Gasteiger partial charge in [-0.05, 0) is 23.8 Å². The first-order valence-corrected chi connectivity index (χ1v) is 9.81. The zero-order valence-corrected chi connectivity index (χ0v) is 14.0. The Bertz CT molecular complexity index is 800. The molecule has 2 aliphatic rings. The number of piperazine rings is 1. The number of rotatable bonds is 3. The Morgan fingerprint density at radius 3 is 2.46 bits per heavy atom. The third kappa shape index (κ3) is 2.99. The van der Waals surface area contributed by atoms with Crippen molar-refractivity contribution in [2.45, 2.75) is 18.6 Å². The fraction of sp³-hybridized carbons (Fsp3) is 0.438. The van der Waals surface area contributed by atoms with E-state index >= 15 is 0 Å². The van der Waals surface area contributed by atoms with Gasteiger partial charge in [-0.1, -0.05) is 0 Å². The fourth-order valence-electron chi connectivity index (χ4n) is 3.63. The molecule has 4 rings (SSSR count). The van der Waals surface area contributed by atoms with Gasteiger partial charge in [-0.25, -0.2) is 18.4 Å². The van der Waals surface area contributed by atoms with E-state index < -0.39 is 9.84 Å². The first-order chi connectivity index (χ1) is 11.6. The van der Waals surface area contributed by atoms with E-state index in [9.17, 15) is 8.42 Å². The third-order valence-electron chi connectivity index (χ3n) is 4.74. The second-order valence-electron chi connectivity index (χ2n) is 6.28. The van der Waals surface area contributed by atoms with E-state index in [4.69, 9.17) is 0 Å². The number of sulfone groups is 1. The molecule has 4 heterocycles. The van der Waals surface area contributed by atoms with Crippen molar-refractivity contribution in [2.24, 2.45) is 0 Å². The summed E-state index contributed by atoms with van der Waals surface area (Å²) in [7, 11) is -3.05. The average molecular weight is 345 g/mol. The van der Waals surface area contributed by atoms with Crippen molar-refractivity contribution in [3.05, 3.63) is 48.5 Å². The number of pyridine rings is 1. The van der Waals surface area contributed by atoms with Crippen LogP contribution in [0.4, 0.5) is 5.95 Å². The average Bonchev–Trinajstić information content (AvgIpc) is 2.92. The summed E-state index contributed by atoms with van der Waals surface area (Å²) >= 11 is 0. The van der Waals surface area contributed by atoms with Crippen molar-refractivity contribution in [2.75, 3.05) is 29.5 Å². The summed E-state index contributed by atoms with van der Waals surface area (Å²) in [4.78, 5) is 17.0. The van der Waals surface area contributed by atoms with Gasteiger partial charge in [0.25, 0.3) is 0 Å². The molecule has 2 fully saturated rings. The first-order valence-electron chi connectivity index (χ1n) is 7.99. The second kappa shape index (κ2) is 6.10. The number of hydrogen-bond acceptors (Lipinski definition) is 7. The molecule has 2 saturated heterocycles. The van der Waals surface area contributed by atoms with Gasteiger partial charge in [0.2, 0.25) is 5.95 Å². The lowest BCUT2D eigenvalue weighted by Crippen LogP contribution is -2.59. The van der Waals surface area contributed by atoms with Crippen LogP contribution in [0.1, 0.15) is 5.56 Å². The van der Waals surface area contributed by atoms with E-state index in [0.717, 1.165) is 25.2 Å². The summed E-state index contributed by atoms with van der Waals surface area (Å²) in [5, 5.41) is 0. The van der Waals surface area contributed by atoms with Gasteiger partial charge in [0.05, 0.1) is 17.5 Å². The minimum absolute atomic E-state index is 0.0271. The van der Waals surface area contributed by atoms with Gasteiger partial charge in [0, 0.05) is 50.5 Å². The van der Waals surface area contributed by atoms with Crippen LogP contribution >= 0.6 is 0 Å². The molecule has 0 aliphatic carbocycles. The molecule has 0 unspecified atom stereocenters. The maximum atomic E-state index is 12.3. The summed E-state index contributed by atoms with van der Waals surface area (Å²) in [6.07, 6.45) is 6.94. The van der Waals surface area contributed by atoms with Crippen molar-refractivity contribution in [3.8, 4) is 0 Å². The van der Waals surface area contributed by atoms with Crippen LogP contribution in [-0.2, 0) is 16.4 Å². The minimum Gasteiger partial charge on any atom is -0.334 e. The van der Waals surface area contributed by atoms with Crippen molar-refractivity contribution in [1.29, 1.82) is 0 Å². The SMILES string of the molecule is O=S1(=O)C[C@@H]2[C@H](C1)N(Cc1ccncc1)CCN2c1ncccn1. The molecular weight excluding hydrogens is 326 g/mol. The van der Waals surface area contributed by atoms with Gasteiger partial charge in [-0.2, -0.15) is 0 Å². The van der Waals surface area contributed by atoms with Crippen molar-refractivity contribution >= 4 is 15.8 Å². The van der Waals surface area contributed by atoms with Crippen LogP contribution in [0, 0.1) is 0 Å². The van der Waals surface area contributed by atoms with E-state index in [1.165, 1.54) is 0 Å². The highest BCUT2D eigenvalue weighted by Crippen LogP contribution is 2.30. The number of fused-ring (bicyclic) bond motifs is 1. The van der Waals surface area contributed by atoms with E-state index in [2.05, 4.69) is 24.8 Å². The topological polar surface area (TPSA) is 79.3 Å². The summed E-state index contributed by atoms with van der Waals surface area (Å²) in [5.41, 5.74) is 1.15. The van der Waals surface area contributed by atoms with Crippen LogP contribution in [0.5, 0.6) is 0 Å². The highest BCUT2D eigenvalue weighted by Gasteiger charge is 2.47. The Kier molecular flexibility index (Phi) is 3.93. The van der Waals surface area contributed by atoms with E-state index in [1.807, 2.05) is 12.1 Å². The van der Waals surface area contributed by atoms with Gasteiger partial charge in [0.1, 0.15) is 0 Å². The molecule has 0 radical (unpaired) electrons. The molecule has 2 atom stereocenters. The first kappa shape index (κ1) is 15.5. The van der Waals surface area contributed by atoms with Gasteiger partial charge >= 0.3 is 0 Å². The lowest BCUT2D eigenvalue weighted by Gasteiger charge is -2.43. The molecule has 2 aromatic rings. The third-order valence-corrected chi connectivity index (χ3v) is 6.43. The highest BCUT2D eigenvalue weighted by molar-refractivity contribution is 7.91. The minimum atomic E-state index is -3.05. The molecular formula is C16H19N5O2S. The van der Waals surface area contributed by atoms with E-state index in [1.54, 1.807) is 30.9 Å². The quantitative estimate of drug-likeness (QED) is 0.794. The molecule has 126 valence electrons. The molecule has 0 amide bonds. The Hall–Kier alpha value is -2.06. The molecule has 8 heteroatoms. The Balaban J connectivity index is 1.61. The summed E-state index contributed by atoms with van der Waals surface area (Å²) in [6.45, 7) is 2.26. The molecule has 2 aliphatic heterocycles. The molecule has 24 heavy (non-hydrogen) atoms. The molecule has 0 N–H and O–H groups in total. The van der Waals surface area contributed by atoms with Crippen LogP contribution in [-0.4, -0.2) is 64.9 Å². The molecule has 2 aromatic heterocycles. The van der Waals surface area contributed by atoms with Gasteiger partial charge in [-0.3, -0.25) is 9.88 Å². The molecule has 0 bridgehead atoms. The predicted molar refractivity (Wildman–Crippen MR) is 90.3 cm³/mol. The maximum Gasteiger partial charge on any atom is 0.225 e. The predicted octanol–water partition coefficient (Wildman–Crippen LogP) is 0.359. The number of nitrogens with zero attached hydrogens (tertiary/aromatic N) is 5. The normalized spacial score (nSPS) is 26.2. The van der Waals surface area contributed by atoms with E-state index in [0.29, 0.717) is 5.95 Å². The van der Waals surface area contributed by atoms with Crippen LogP contribution in [0.25, 0.3) is 0 Å². The number of aromatic nitrogens is 3. The summed E-state index contributed by atoms with van der Waals surface area (Å²) in [5.74, 6) is 0.989. The maximum absolute atomic E-state index is 12.3. The van der Waals surface area contributed by atoms with Gasteiger partial charge in [0.15, 0.2) is 9.84 Å². The smallest absolute Gasteiger partial charge is 0.225 e. The van der Waals surface area contributed by atoms with Crippen molar-refractivity contribution in [3.63, 3.8) is 0 Å². The largest absolute Gasteiger partial charge is 0.334 e. The summed E-state index contributed by atoms with van der Waals surface area (Å²) in [6, 6.07) is 5.61. The van der Waals surface area contributed by atoms with Crippen molar-refractivity contribution < 1.29 is 8.42 Å². The Morgan fingerprint density at radius 1 is 1.00 bits per heavy atom. The fourth-order valence-corrected chi connectivity index (χ4v) is 5.64. The zero-order chi connectivity index (χ0) is 16.6. The van der Waals surface area contributed by atoms with Crippen molar-refractivity contribution in [1.82, 2.24) is 19.9 Å². The zero-order valence-electron chi connectivity index (χ0n) is 13.2. The standard InChI is InChI=1S/C16H19N5O2S/c22-24(23)11-14-15(12-24)21(16-18-4-1-5-19-16)9-8-20(14)10-13-2-6-17-7-3-13/h1-7,14-15H,8-12H2/t14-,15+/m0/s1. The Morgan fingerprint density at radius 2 is 1.71 bits per heavy atom. The van der Waals surface area contributed by atoms with E-state index in [-0.39, 0.29) is 23.6 Å². The molecule has 0 spiro atoms. The lowest BCUT2D eigenvalue weighted by atomic mass is 10.0. The summed E-state index contributed by atoms with van der Waals surface area (Å²) < 4.78 is 24.5. The number of anilines is 1. The molecule has 0 aromatic carbocycles. The highest BCUT2D eigenvalue weighted by atomic mass is 32.2. The number of hydrogen-bond donors (Lipinski definition) is 0. The van der Waals surface area contributed by atoms with Crippen LogP contribution in [0.3, 0.4) is 0 Å². The second-order valence-corrected chi connectivity index (χ2v) is 8.43. The van der Waals surface area contributed by atoms with Crippen LogP contribution in [0.2, 0.25) is 0 Å². The van der Waals surface area contributed by atoms with Crippen LogP contribution < -0.4 is 4.90 Å². The van der Waals surface area contributed by atoms with Crippen LogP contribution in [0.15, 0.2) is 43.0 Å². The molecule has 0 saturated carbocycles. The monoisotopic (exact) mass is 345 g/mol. The Labute approximate surface area is 141 Å².